The molecule has 1 unspecified atom stereocenters. The van der Waals surface area contributed by atoms with Crippen LogP contribution in [0, 0.1) is 0 Å². The van der Waals surface area contributed by atoms with Crippen LogP contribution in [0.4, 0.5) is 5.69 Å². The van der Waals surface area contributed by atoms with Gasteiger partial charge < -0.3 is 10.1 Å². The van der Waals surface area contributed by atoms with Gasteiger partial charge in [0.05, 0.1) is 7.11 Å². The molecule has 0 heterocycles. The molecule has 104 valence electrons. The van der Waals surface area contributed by atoms with Crippen LogP contribution in [0.5, 0.6) is 0 Å². The van der Waals surface area contributed by atoms with Crippen molar-refractivity contribution in [2.45, 2.75) is 12.5 Å². The van der Waals surface area contributed by atoms with Crippen LogP contribution in [0.15, 0.2) is 59.1 Å². The van der Waals surface area contributed by atoms with Gasteiger partial charge in [-0.3, -0.25) is 0 Å². The predicted molar refractivity (Wildman–Crippen MR) is 83.6 cm³/mol. The Morgan fingerprint density at radius 1 is 1.15 bits per heavy atom. The van der Waals surface area contributed by atoms with E-state index in [4.69, 9.17) is 4.74 Å². The van der Waals surface area contributed by atoms with E-state index in [0.29, 0.717) is 0 Å². The average Bonchev–Trinajstić information content (AvgIpc) is 2.47. The lowest BCUT2D eigenvalue weighted by Crippen LogP contribution is -2.41. The molecule has 0 amide bonds. The van der Waals surface area contributed by atoms with Gasteiger partial charge in [0.25, 0.3) is 0 Å². The third kappa shape index (κ3) is 3.02. The number of esters is 1. The summed E-state index contributed by atoms with van der Waals surface area (Å²) in [6.07, 6.45) is 0. The Morgan fingerprint density at radius 2 is 1.85 bits per heavy atom. The van der Waals surface area contributed by atoms with Gasteiger partial charge >= 0.3 is 5.97 Å². The molecule has 1 atom stereocenters. The maximum Gasteiger partial charge on any atom is 0.335 e. The minimum Gasteiger partial charge on any atom is -0.467 e. The van der Waals surface area contributed by atoms with Gasteiger partial charge in [0.2, 0.25) is 0 Å². The summed E-state index contributed by atoms with van der Waals surface area (Å²) < 4.78 is 5.91. The van der Waals surface area contributed by atoms with Crippen molar-refractivity contribution in [2.24, 2.45) is 0 Å². The first kappa shape index (κ1) is 14.6. The average molecular weight is 334 g/mol. The maximum atomic E-state index is 12.2. The molecule has 2 rings (SSSR count). The van der Waals surface area contributed by atoms with Crippen molar-refractivity contribution in [2.75, 3.05) is 12.4 Å². The lowest BCUT2D eigenvalue weighted by molar-refractivity contribution is -0.145. The second-order valence-electron chi connectivity index (χ2n) is 4.62. The van der Waals surface area contributed by atoms with Crippen molar-refractivity contribution in [1.82, 2.24) is 0 Å². The quantitative estimate of drug-likeness (QED) is 0.861. The maximum absolute atomic E-state index is 12.2. The largest absolute Gasteiger partial charge is 0.467 e. The van der Waals surface area contributed by atoms with E-state index < -0.39 is 5.54 Å². The summed E-state index contributed by atoms with van der Waals surface area (Å²) in [6, 6.07) is 17.2. The number of ether oxygens (including phenoxy) is 1. The first-order valence-electron chi connectivity index (χ1n) is 6.24. The van der Waals surface area contributed by atoms with Crippen LogP contribution in [0.25, 0.3) is 0 Å². The van der Waals surface area contributed by atoms with Gasteiger partial charge in [0.15, 0.2) is 5.54 Å². The van der Waals surface area contributed by atoms with E-state index in [1.807, 2.05) is 61.5 Å². The Bertz CT molecular complexity index is 600. The number of methoxy groups -OCH3 is 1. The zero-order valence-electron chi connectivity index (χ0n) is 11.4. The summed E-state index contributed by atoms with van der Waals surface area (Å²) in [5.41, 5.74) is 0.763. The van der Waals surface area contributed by atoms with Gasteiger partial charge in [-0.2, -0.15) is 0 Å². The molecule has 4 heteroatoms. The van der Waals surface area contributed by atoms with Gasteiger partial charge in [0.1, 0.15) is 0 Å². The van der Waals surface area contributed by atoms with E-state index in [-0.39, 0.29) is 5.97 Å². The van der Waals surface area contributed by atoms with Crippen LogP contribution in [0.2, 0.25) is 0 Å². The van der Waals surface area contributed by atoms with Crippen molar-refractivity contribution >= 4 is 27.6 Å². The van der Waals surface area contributed by atoms with Crippen LogP contribution in [0.3, 0.4) is 0 Å². The Morgan fingerprint density at radius 3 is 2.45 bits per heavy atom. The summed E-state index contributed by atoms with van der Waals surface area (Å²) in [4.78, 5) is 12.2. The molecule has 0 saturated carbocycles. The van der Waals surface area contributed by atoms with Gasteiger partial charge in [-0.05, 0) is 30.7 Å². The molecule has 0 aliphatic carbocycles. The zero-order chi connectivity index (χ0) is 14.6. The summed E-state index contributed by atoms with van der Waals surface area (Å²) in [5, 5.41) is 3.26. The molecule has 0 fully saturated rings. The van der Waals surface area contributed by atoms with Crippen LogP contribution >= 0.6 is 15.9 Å². The number of anilines is 1. The molecule has 0 spiro atoms. The molecular formula is C16H16BrNO2. The summed E-state index contributed by atoms with van der Waals surface area (Å²) in [7, 11) is 1.39. The fraction of sp³-hybridized carbons (Fsp3) is 0.188. The van der Waals surface area contributed by atoms with E-state index in [1.54, 1.807) is 0 Å². The van der Waals surface area contributed by atoms with Crippen LogP contribution in [0.1, 0.15) is 12.5 Å². The number of carbonyl (C=O) groups excluding carboxylic acids is 1. The monoisotopic (exact) mass is 333 g/mol. The second kappa shape index (κ2) is 6.09. The smallest absolute Gasteiger partial charge is 0.335 e. The molecule has 0 saturated heterocycles. The fourth-order valence-corrected chi connectivity index (χ4v) is 2.47. The molecule has 0 aromatic heterocycles. The summed E-state index contributed by atoms with van der Waals surface area (Å²) >= 11 is 3.42. The molecule has 0 aliphatic heterocycles. The third-order valence-electron chi connectivity index (χ3n) is 3.16. The molecule has 2 aromatic carbocycles. The van der Waals surface area contributed by atoms with Gasteiger partial charge in [-0.25, -0.2) is 4.79 Å². The van der Waals surface area contributed by atoms with E-state index in [9.17, 15) is 4.79 Å². The molecule has 20 heavy (non-hydrogen) atoms. The first-order valence-corrected chi connectivity index (χ1v) is 7.03. The highest BCUT2D eigenvalue weighted by Gasteiger charge is 2.36. The molecule has 0 bridgehead atoms. The van der Waals surface area contributed by atoms with E-state index in [2.05, 4.69) is 21.2 Å². The van der Waals surface area contributed by atoms with Crippen LogP contribution < -0.4 is 5.32 Å². The van der Waals surface area contributed by atoms with Crippen molar-refractivity contribution in [3.63, 3.8) is 0 Å². The normalized spacial score (nSPS) is 13.3. The highest BCUT2D eigenvalue weighted by Crippen LogP contribution is 2.28. The Balaban J connectivity index is 2.41. The number of benzene rings is 2. The molecule has 0 radical (unpaired) electrons. The van der Waals surface area contributed by atoms with Crippen molar-refractivity contribution in [3.8, 4) is 0 Å². The van der Waals surface area contributed by atoms with Crippen molar-refractivity contribution in [1.29, 1.82) is 0 Å². The van der Waals surface area contributed by atoms with Crippen LogP contribution in [-0.2, 0) is 15.1 Å². The Labute approximate surface area is 127 Å². The molecule has 1 N–H and O–H groups in total. The van der Waals surface area contributed by atoms with Crippen molar-refractivity contribution in [3.05, 3.63) is 64.6 Å². The Hall–Kier alpha value is -1.81. The topological polar surface area (TPSA) is 38.3 Å². The first-order chi connectivity index (χ1) is 9.56. The van der Waals surface area contributed by atoms with E-state index >= 15 is 0 Å². The summed E-state index contributed by atoms with van der Waals surface area (Å²) in [6.45, 7) is 1.81. The number of nitrogens with one attached hydrogen (secondary N) is 1. The van der Waals surface area contributed by atoms with Gasteiger partial charge in [-0.15, -0.1) is 0 Å². The predicted octanol–water partition coefficient (Wildman–Crippen LogP) is 3.95. The second-order valence-corrected chi connectivity index (χ2v) is 5.53. The van der Waals surface area contributed by atoms with Gasteiger partial charge in [0, 0.05) is 10.2 Å². The number of hydrogen-bond acceptors (Lipinski definition) is 3. The number of carbonyl (C=O) groups is 1. The zero-order valence-corrected chi connectivity index (χ0v) is 13.0. The molecule has 3 nitrogen and oxygen atoms in total. The summed E-state index contributed by atoms with van der Waals surface area (Å²) in [5.74, 6) is -0.330. The molecular weight excluding hydrogens is 318 g/mol. The standard InChI is InChI=1S/C16H16BrNO2/c1-16(15(19)20-2,12-7-4-3-5-8-12)18-14-10-6-9-13(17)11-14/h3-11,18H,1-2H3. The number of halogens is 1. The third-order valence-corrected chi connectivity index (χ3v) is 3.66. The number of rotatable bonds is 4. The number of hydrogen-bond donors (Lipinski definition) is 1. The fourth-order valence-electron chi connectivity index (χ4n) is 2.07. The lowest BCUT2D eigenvalue weighted by Gasteiger charge is -2.29. The highest BCUT2D eigenvalue weighted by atomic mass is 79.9. The minimum absolute atomic E-state index is 0.330. The lowest BCUT2D eigenvalue weighted by atomic mass is 9.91. The van der Waals surface area contributed by atoms with E-state index in [0.717, 1.165) is 15.7 Å². The van der Waals surface area contributed by atoms with Crippen LogP contribution in [-0.4, -0.2) is 13.1 Å². The highest BCUT2D eigenvalue weighted by molar-refractivity contribution is 9.10. The Kier molecular flexibility index (Phi) is 4.45. The molecule has 2 aromatic rings. The SMILES string of the molecule is COC(=O)C(C)(Nc1cccc(Br)c1)c1ccccc1. The van der Waals surface area contributed by atoms with Gasteiger partial charge in [-0.1, -0.05) is 52.3 Å². The van der Waals surface area contributed by atoms with E-state index in [1.165, 1.54) is 7.11 Å². The minimum atomic E-state index is -0.934. The molecule has 0 aliphatic rings. The van der Waals surface area contributed by atoms with Crippen molar-refractivity contribution < 1.29 is 9.53 Å².